The van der Waals surface area contributed by atoms with E-state index >= 15 is 0 Å². The van der Waals surface area contributed by atoms with Crippen LogP contribution in [0.2, 0.25) is 0 Å². The molecule has 3 aromatic carbocycles. The highest BCUT2D eigenvalue weighted by atomic mass is 16.6. The number of likely N-dealkylation sites (tertiary alicyclic amines) is 1. The van der Waals surface area contributed by atoms with Crippen LogP contribution in [0.5, 0.6) is 11.6 Å². The highest BCUT2D eigenvalue weighted by molar-refractivity contribution is 6.07. The van der Waals surface area contributed by atoms with E-state index in [4.69, 9.17) is 14.5 Å². The summed E-state index contributed by atoms with van der Waals surface area (Å²) in [5.41, 5.74) is 4.18. The second kappa shape index (κ2) is 14.5. The van der Waals surface area contributed by atoms with Crippen molar-refractivity contribution in [1.29, 1.82) is 0 Å². The molecule has 0 aliphatic carbocycles. The summed E-state index contributed by atoms with van der Waals surface area (Å²) in [5, 5.41) is 5.34. The molecule has 7 rings (SSSR count). The Morgan fingerprint density at radius 1 is 0.940 bits per heavy atom. The first-order valence-corrected chi connectivity index (χ1v) is 17.4. The highest BCUT2D eigenvalue weighted by Gasteiger charge is 2.32. The van der Waals surface area contributed by atoms with Gasteiger partial charge in [0, 0.05) is 54.8 Å². The molecule has 2 saturated heterocycles. The Morgan fingerprint density at radius 3 is 2.62 bits per heavy atom. The summed E-state index contributed by atoms with van der Waals surface area (Å²) in [7, 11) is 0. The molecule has 4 heterocycles. The van der Waals surface area contributed by atoms with E-state index in [1.165, 1.54) is 0 Å². The number of carbonyl (C=O) groups is 2. The lowest BCUT2D eigenvalue weighted by Crippen LogP contribution is -2.48. The average Bonchev–Trinajstić information content (AvgIpc) is 3.51. The number of rotatable bonds is 9. The third-order valence-corrected chi connectivity index (χ3v) is 9.64. The number of nitrogens with zero attached hydrogens (tertiary/aromatic N) is 5. The maximum absolute atomic E-state index is 13.2. The molecule has 3 atom stereocenters. The molecule has 0 bridgehead atoms. The van der Waals surface area contributed by atoms with Crippen molar-refractivity contribution in [2.24, 2.45) is 11.8 Å². The van der Waals surface area contributed by atoms with Gasteiger partial charge in [-0.15, -0.1) is 0 Å². The molecular formula is C40H42N6O4. The van der Waals surface area contributed by atoms with Gasteiger partial charge in [0.1, 0.15) is 12.4 Å². The number of pyridine rings is 1. The number of fused-ring (bicyclic) bond motifs is 1. The molecule has 10 heteroatoms. The van der Waals surface area contributed by atoms with Crippen molar-refractivity contribution >= 4 is 34.4 Å². The Morgan fingerprint density at radius 2 is 1.80 bits per heavy atom. The van der Waals surface area contributed by atoms with Gasteiger partial charge in [0.05, 0.1) is 16.9 Å². The van der Waals surface area contributed by atoms with Crippen LogP contribution in [0.1, 0.15) is 44.2 Å². The lowest BCUT2D eigenvalue weighted by Gasteiger charge is -2.36. The van der Waals surface area contributed by atoms with Crippen molar-refractivity contribution in [2.75, 3.05) is 29.9 Å². The monoisotopic (exact) mass is 670 g/mol. The Balaban J connectivity index is 1.10. The van der Waals surface area contributed by atoms with Gasteiger partial charge in [0.15, 0.2) is 0 Å². The van der Waals surface area contributed by atoms with Gasteiger partial charge < -0.3 is 24.6 Å². The zero-order valence-electron chi connectivity index (χ0n) is 28.7. The molecule has 2 amide bonds. The second-order valence-electron chi connectivity index (χ2n) is 13.3. The Hall–Kier alpha value is -5.51. The molecule has 1 N–H and O–H groups in total. The van der Waals surface area contributed by atoms with Crippen LogP contribution in [0.3, 0.4) is 0 Å². The zero-order valence-corrected chi connectivity index (χ0v) is 28.7. The summed E-state index contributed by atoms with van der Waals surface area (Å²) in [6.07, 6.45) is 5.67. The fourth-order valence-electron chi connectivity index (χ4n) is 7.09. The SMILES string of the molecule is CCC1CCN(c2cccc3c(Oc4ncccc4-c4ccnc(NC5CC(C)CN(C(=O)OCc6ccccc6)C5)n4)c(C)ccc23)C1=O. The number of piperidine rings is 1. The first-order chi connectivity index (χ1) is 24.4. The predicted octanol–water partition coefficient (Wildman–Crippen LogP) is 8.01. The van der Waals surface area contributed by atoms with E-state index in [2.05, 4.69) is 35.2 Å². The summed E-state index contributed by atoms with van der Waals surface area (Å²) >= 11 is 0. The topological polar surface area (TPSA) is 110 Å². The van der Waals surface area contributed by atoms with Crippen molar-refractivity contribution in [1.82, 2.24) is 19.9 Å². The summed E-state index contributed by atoms with van der Waals surface area (Å²) in [6, 6.07) is 25.4. The average molecular weight is 671 g/mol. The smallest absolute Gasteiger partial charge is 0.410 e. The van der Waals surface area contributed by atoms with Crippen LogP contribution in [0.4, 0.5) is 16.4 Å². The Labute approximate surface area is 292 Å². The number of aryl methyl sites for hydroxylation is 1. The standard InChI is InChI=1S/C40H42N6O4/c1-4-29-18-21-46(38(29)47)35-14-8-12-32-31(35)16-15-27(3)36(32)50-37-33(13-9-19-41-37)34-17-20-42-39(44-34)43-30-22-26(2)23-45(24-30)40(48)49-25-28-10-6-5-7-11-28/h5-17,19-20,26,29-30H,4,18,21-25H2,1-3H3,(H,42,43,44). The van der Waals surface area contributed by atoms with E-state index in [0.717, 1.165) is 46.8 Å². The first-order valence-electron chi connectivity index (χ1n) is 17.4. The third kappa shape index (κ3) is 6.96. The minimum atomic E-state index is -0.327. The summed E-state index contributed by atoms with van der Waals surface area (Å²) in [6.45, 7) is 8.28. The van der Waals surface area contributed by atoms with Crippen molar-refractivity contribution in [3.05, 3.63) is 102 Å². The Kier molecular flexibility index (Phi) is 9.60. The van der Waals surface area contributed by atoms with Crippen molar-refractivity contribution in [3.8, 4) is 22.9 Å². The van der Waals surface area contributed by atoms with Crippen LogP contribution in [0, 0.1) is 18.8 Å². The molecule has 0 radical (unpaired) electrons. The number of benzene rings is 3. The maximum Gasteiger partial charge on any atom is 0.410 e. The number of aromatic nitrogens is 3. The van der Waals surface area contributed by atoms with E-state index in [9.17, 15) is 9.59 Å². The third-order valence-electron chi connectivity index (χ3n) is 9.64. The highest BCUT2D eigenvalue weighted by Crippen LogP contribution is 2.41. The van der Waals surface area contributed by atoms with E-state index in [1.807, 2.05) is 84.6 Å². The van der Waals surface area contributed by atoms with Crippen LogP contribution in [-0.2, 0) is 16.1 Å². The number of ether oxygens (including phenoxy) is 2. The molecule has 0 spiro atoms. The number of anilines is 2. The van der Waals surface area contributed by atoms with Crippen LogP contribution in [0.25, 0.3) is 22.0 Å². The summed E-state index contributed by atoms with van der Waals surface area (Å²) < 4.78 is 12.3. The van der Waals surface area contributed by atoms with Gasteiger partial charge in [-0.25, -0.2) is 19.7 Å². The van der Waals surface area contributed by atoms with Gasteiger partial charge in [0.25, 0.3) is 0 Å². The van der Waals surface area contributed by atoms with Gasteiger partial charge >= 0.3 is 6.09 Å². The van der Waals surface area contributed by atoms with Gasteiger partial charge in [-0.1, -0.05) is 68.4 Å². The number of nitrogens with one attached hydrogen (secondary N) is 1. The normalized spacial score (nSPS) is 19.1. The van der Waals surface area contributed by atoms with Gasteiger partial charge in [-0.05, 0) is 67.5 Å². The largest absolute Gasteiger partial charge is 0.445 e. The second-order valence-corrected chi connectivity index (χ2v) is 13.3. The zero-order chi connectivity index (χ0) is 34.6. The quantitative estimate of drug-likeness (QED) is 0.168. The maximum atomic E-state index is 13.2. The van der Waals surface area contributed by atoms with E-state index in [0.29, 0.717) is 48.5 Å². The first kappa shape index (κ1) is 33.0. The number of amides is 2. The molecule has 256 valence electrons. The van der Waals surface area contributed by atoms with Crippen LogP contribution < -0.4 is 15.0 Å². The van der Waals surface area contributed by atoms with Crippen molar-refractivity contribution < 1.29 is 19.1 Å². The predicted molar refractivity (Wildman–Crippen MR) is 194 cm³/mol. The van der Waals surface area contributed by atoms with E-state index in [1.54, 1.807) is 17.3 Å². The number of hydrogen-bond donors (Lipinski definition) is 1. The molecular weight excluding hydrogens is 628 g/mol. The molecule has 10 nitrogen and oxygen atoms in total. The molecule has 2 aromatic heterocycles. The van der Waals surface area contributed by atoms with Gasteiger partial charge in [-0.3, -0.25) is 4.79 Å². The molecule has 5 aromatic rings. The number of hydrogen-bond acceptors (Lipinski definition) is 8. The molecule has 2 aliphatic rings. The van der Waals surface area contributed by atoms with E-state index < -0.39 is 0 Å². The van der Waals surface area contributed by atoms with Crippen LogP contribution in [-0.4, -0.2) is 57.5 Å². The Bertz CT molecular complexity index is 2000. The van der Waals surface area contributed by atoms with Crippen molar-refractivity contribution in [2.45, 2.75) is 52.7 Å². The van der Waals surface area contributed by atoms with Gasteiger partial charge in [0.2, 0.25) is 17.7 Å². The van der Waals surface area contributed by atoms with E-state index in [-0.39, 0.29) is 36.5 Å². The molecule has 50 heavy (non-hydrogen) atoms. The molecule has 2 fully saturated rings. The lowest BCUT2D eigenvalue weighted by atomic mass is 9.96. The molecule has 0 saturated carbocycles. The van der Waals surface area contributed by atoms with Crippen LogP contribution >= 0.6 is 0 Å². The number of carbonyl (C=O) groups excluding carboxylic acids is 2. The fraction of sp³-hybridized carbons (Fsp3) is 0.325. The minimum absolute atomic E-state index is 0.0504. The molecule has 2 aliphatic heterocycles. The fourth-order valence-corrected chi connectivity index (χ4v) is 7.09. The van der Waals surface area contributed by atoms with Crippen molar-refractivity contribution in [3.63, 3.8) is 0 Å². The minimum Gasteiger partial charge on any atom is -0.445 e. The lowest BCUT2D eigenvalue weighted by molar-refractivity contribution is -0.120. The summed E-state index contributed by atoms with van der Waals surface area (Å²) in [5.74, 6) is 2.08. The summed E-state index contributed by atoms with van der Waals surface area (Å²) in [4.78, 5) is 43.8. The van der Waals surface area contributed by atoms with Crippen LogP contribution in [0.15, 0.2) is 91.3 Å². The molecule has 3 unspecified atom stereocenters. The van der Waals surface area contributed by atoms with Gasteiger partial charge in [-0.2, -0.15) is 0 Å².